The van der Waals surface area contributed by atoms with E-state index in [0.29, 0.717) is 0 Å². The molecule has 1 aromatic carbocycles. The molecule has 0 radical (unpaired) electrons. The van der Waals surface area contributed by atoms with Crippen molar-refractivity contribution in [2.75, 3.05) is 14.2 Å². The lowest BCUT2D eigenvalue weighted by molar-refractivity contribution is 0.394. The van der Waals surface area contributed by atoms with Crippen LogP contribution in [0.1, 0.15) is 11.1 Å². The van der Waals surface area contributed by atoms with Gasteiger partial charge in [0.25, 0.3) is 0 Å². The van der Waals surface area contributed by atoms with Gasteiger partial charge < -0.3 is 9.47 Å². The summed E-state index contributed by atoms with van der Waals surface area (Å²) in [6.07, 6.45) is 1.76. The van der Waals surface area contributed by atoms with Crippen molar-refractivity contribution < 1.29 is 9.47 Å². The molecule has 0 saturated carbocycles. The first-order valence-corrected chi connectivity index (χ1v) is 5.68. The first kappa shape index (κ1) is 12.4. The van der Waals surface area contributed by atoms with Crippen molar-refractivity contribution in [3.63, 3.8) is 0 Å². The molecule has 0 N–H and O–H groups in total. The van der Waals surface area contributed by atoms with E-state index >= 15 is 0 Å². The number of benzene rings is 1. The molecule has 0 spiro atoms. The van der Waals surface area contributed by atoms with E-state index in [9.17, 15) is 0 Å². The first-order chi connectivity index (χ1) is 8.65. The van der Waals surface area contributed by atoms with Crippen molar-refractivity contribution in [1.82, 2.24) is 10.2 Å². The summed E-state index contributed by atoms with van der Waals surface area (Å²) in [5, 5.41) is 8.20. The van der Waals surface area contributed by atoms with Gasteiger partial charge in [-0.2, -0.15) is 10.2 Å². The zero-order chi connectivity index (χ0) is 13.1. The minimum atomic E-state index is 0.743. The van der Waals surface area contributed by atoms with Crippen LogP contribution in [-0.2, 0) is 0 Å². The van der Waals surface area contributed by atoms with E-state index < -0.39 is 0 Å². The van der Waals surface area contributed by atoms with Crippen LogP contribution in [0.25, 0.3) is 11.3 Å². The Labute approximate surface area is 107 Å². The summed E-state index contributed by atoms with van der Waals surface area (Å²) in [4.78, 5) is 0. The summed E-state index contributed by atoms with van der Waals surface area (Å²) in [5.74, 6) is 1.49. The molecule has 0 saturated heterocycles. The van der Waals surface area contributed by atoms with Crippen molar-refractivity contribution in [1.29, 1.82) is 0 Å². The van der Waals surface area contributed by atoms with E-state index in [-0.39, 0.29) is 0 Å². The van der Waals surface area contributed by atoms with E-state index in [1.807, 2.05) is 32.0 Å². The summed E-state index contributed by atoms with van der Waals surface area (Å²) in [6, 6.07) is 5.69. The van der Waals surface area contributed by atoms with Gasteiger partial charge in [-0.05, 0) is 37.1 Å². The van der Waals surface area contributed by atoms with Gasteiger partial charge in [-0.1, -0.05) is 0 Å². The van der Waals surface area contributed by atoms with Gasteiger partial charge in [0.15, 0.2) is 0 Å². The molecule has 94 valence electrons. The third-order valence-corrected chi connectivity index (χ3v) is 2.98. The Bertz CT molecular complexity index is 545. The third kappa shape index (κ3) is 2.27. The molecule has 2 aromatic rings. The molecule has 0 fully saturated rings. The molecule has 0 amide bonds. The number of ether oxygens (including phenoxy) is 2. The number of methoxy groups -OCH3 is 2. The molecule has 0 aliphatic carbocycles. The average Bonchev–Trinajstić information content (AvgIpc) is 2.41. The summed E-state index contributed by atoms with van der Waals surface area (Å²) in [7, 11) is 3.26. The average molecular weight is 244 g/mol. The van der Waals surface area contributed by atoms with Crippen LogP contribution >= 0.6 is 0 Å². The Morgan fingerprint density at radius 2 is 1.56 bits per heavy atom. The molecule has 0 aliphatic rings. The smallest absolute Gasteiger partial charge is 0.123 e. The maximum absolute atomic E-state index is 5.26. The van der Waals surface area contributed by atoms with Crippen LogP contribution in [0.15, 0.2) is 24.4 Å². The predicted octanol–water partition coefficient (Wildman–Crippen LogP) is 2.78. The monoisotopic (exact) mass is 244 g/mol. The second-order valence-corrected chi connectivity index (χ2v) is 4.10. The van der Waals surface area contributed by atoms with Crippen LogP contribution in [0.4, 0.5) is 0 Å². The van der Waals surface area contributed by atoms with Gasteiger partial charge in [0, 0.05) is 11.6 Å². The second-order valence-electron chi connectivity index (χ2n) is 4.10. The third-order valence-electron chi connectivity index (χ3n) is 2.98. The predicted molar refractivity (Wildman–Crippen MR) is 70.0 cm³/mol. The Morgan fingerprint density at radius 1 is 0.944 bits per heavy atom. The molecular formula is C14H16N2O2. The zero-order valence-electron chi connectivity index (χ0n) is 11.0. The fourth-order valence-electron chi connectivity index (χ4n) is 1.75. The van der Waals surface area contributed by atoms with Crippen molar-refractivity contribution in [2.24, 2.45) is 0 Å². The highest BCUT2D eigenvalue weighted by Crippen LogP contribution is 2.30. The second kappa shape index (κ2) is 5.04. The summed E-state index contributed by atoms with van der Waals surface area (Å²) < 4.78 is 10.5. The van der Waals surface area contributed by atoms with Crippen molar-refractivity contribution in [3.8, 4) is 22.8 Å². The van der Waals surface area contributed by atoms with Gasteiger partial charge >= 0.3 is 0 Å². The molecule has 0 atom stereocenters. The molecule has 0 bridgehead atoms. The van der Waals surface area contributed by atoms with Crippen molar-refractivity contribution >= 4 is 0 Å². The van der Waals surface area contributed by atoms with Gasteiger partial charge in [-0.25, -0.2) is 0 Å². The molecule has 1 heterocycles. The Kier molecular flexibility index (Phi) is 3.46. The van der Waals surface area contributed by atoms with E-state index in [1.54, 1.807) is 20.4 Å². The van der Waals surface area contributed by atoms with Crippen LogP contribution in [0.2, 0.25) is 0 Å². The lowest BCUT2D eigenvalue weighted by Crippen LogP contribution is -1.96. The molecule has 1 aromatic heterocycles. The molecular weight excluding hydrogens is 228 g/mol. The van der Waals surface area contributed by atoms with Crippen LogP contribution in [0.3, 0.4) is 0 Å². The molecule has 4 heteroatoms. The number of aromatic nitrogens is 2. The highest BCUT2D eigenvalue weighted by molar-refractivity contribution is 5.67. The van der Waals surface area contributed by atoms with E-state index in [0.717, 1.165) is 33.9 Å². The summed E-state index contributed by atoms with van der Waals surface area (Å²) in [5.41, 5.74) is 4.02. The minimum absolute atomic E-state index is 0.743. The number of nitrogens with zero attached hydrogens (tertiary/aromatic N) is 2. The largest absolute Gasteiger partial charge is 0.497 e. The highest BCUT2D eigenvalue weighted by atomic mass is 16.5. The minimum Gasteiger partial charge on any atom is -0.497 e. The van der Waals surface area contributed by atoms with Gasteiger partial charge in [-0.3, -0.25) is 0 Å². The van der Waals surface area contributed by atoms with E-state index in [4.69, 9.17) is 9.47 Å². The maximum atomic E-state index is 5.26. The quantitative estimate of drug-likeness (QED) is 0.832. The number of rotatable bonds is 3. The molecule has 2 rings (SSSR count). The zero-order valence-corrected chi connectivity index (χ0v) is 11.0. The SMILES string of the molecule is COc1cc(OC)cc(-c2nncc(C)c2C)c1. The number of aryl methyl sites for hydroxylation is 1. The van der Waals surface area contributed by atoms with Crippen molar-refractivity contribution in [2.45, 2.75) is 13.8 Å². The van der Waals surface area contributed by atoms with Gasteiger partial charge in [0.05, 0.1) is 26.1 Å². The Morgan fingerprint density at radius 3 is 2.11 bits per heavy atom. The number of hydrogen-bond acceptors (Lipinski definition) is 4. The lowest BCUT2D eigenvalue weighted by Gasteiger charge is -2.10. The first-order valence-electron chi connectivity index (χ1n) is 5.68. The molecule has 0 unspecified atom stereocenters. The lowest BCUT2D eigenvalue weighted by atomic mass is 10.0. The fraction of sp³-hybridized carbons (Fsp3) is 0.286. The van der Waals surface area contributed by atoms with Crippen LogP contribution in [-0.4, -0.2) is 24.4 Å². The van der Waals surface area contributed by atoms with Gasteiger partial charge in [-0.15, -0.1) is 0 Å². The van der Waals surface area contributed by atoms with Crippen LogP contribution < -0.4 is 9.47 Å². The molecule has 0 aliphatic heterocycles. The maximum Gasteiger partial charge on any atom is 0.123 e. The topological polar surface area (TPSA) is 44.2 Å². The van der Waals surface area contributed by atoms with Gasteiger partial charge in [0.1, 0.15) is 11.5 Å². The normalized spacial score (nSPS) is 10.2. The van der Waals surface area contributed by atoms with Crippen LogP contribution in [0.5, 0.6) is 11.5 Å². The standard InChI is InChI=1S/C14H16N2O2/c1-9-8-15-16-14(10(9)2)11-5-12(17-3)7-13(6-11)18-4/h5-8H,1-4H3. The molecule has 4 nitrogen and oxygen atoms in total. The number of hydrogen-bond donors (Lipinski definition) is 0. The van der Waals surface area contributed by atoms with Gasteiger partial charge in [0.2, 0.25) is 0 Å². The Balaban J connectivity index is 2.59. The van der Waals surface area contributed by atoms with Crippen molar-refractivity contribution in [3.05, 3.63) is 35.5 Å². The highest BCUT2D eigenvalue weighted by Gasteiger charge is 2.09. The Hall–Kier alpha value is -2.10. The summed E-state index contributed by atoms with van der Waals surface area (Å²) in [6.45, 7) is 4.05. The van der Waals surface area contributed by atoms with E-state index in [1.165, 1.54) is 0 Å². The summed E-state index contributed by atoms with van der Waals surface area (Å²) >= 11 is 0. The fourth-order valence-corrected chi connectivity index (χ4v) is 1.75. The molecule has 18 heavy (non-hydrogen) atoms. The van der Waals surface area contributed by atoms with E-state index in [2.05, 4.69) is 10.2 Å². The van der Waals surface area contributed by atoms with Crippen LogP contribution in [0, 0.1) is 13.8 Å².